The van der Waals surface area contributed by atoms with Crippen molar-refractivity contribution in [1.29, 1.82) is 0 Å². The van der Waals surface area contributed by atoms with Crippen LogP contribution in [0.25, 0.3) is 44.0 Å². The molecule has 3 heteroatoms. The molecule has 0 aliphatic rings. The topological polar surface area (TPSA) is 3.88 Å². The molecule has 0 saturated heterocycles. The van der Waals surface area contributed by atoms with Crippen LogP contribution in [0.15, 0.2) is 113 Å². The summed E-state index contributed by atoms with van der Waals surface area (Å²) < 4.78 is 3.31. The standard InChI is InChI=1S/C28H21BrNS/c1-30-16-17-31-28(30)27-25(21-8-4-2-5-9-21)18-23(20-12-14-24(29)15-13-20)19-26(27)22-10-6-3-7-11-22/h2-19H,1H3/q+1. The largest absolute Gasteiger partial charge is 0.270 e. The first-order valence-electron chi connectivity index (χ1n) is 10.2. The highest BCUT2D eigenvalue weighted by atomic mass is 79.9. The molecule has 150 valence electrons. The Morgan fingerprint density at radius 3 is 1.68 bits per heavy atom. The summed E-state index contributed by atoms with van der Waals surface area (Å²) in [5.41, 5.74) is 8.64. The molecule has 0 spiro atoms. The second kappa shape index (κ2) is 8.62. The Balaban J connectivity index is 1.87. The normalized spacial score (nSPS) is 10.9. The molecule has 1 aromatic heterocycles. The predicted octanol–water partition coefficient (Wildman–Crippen LogP) is 8.00. The monoisotopic (exact) mass is 482 g/mol. The van der Waals surface area contributed by atoms with Crippen molar-refractivity contribution in [3.8, 4) is 44.0 Å². The van der Waals surface area contributed by atoms with Crippen molar-refractivity contribution in [3.63, 3.8) is 0 Å². The predicted molar refractivity (Wildman–Crippen MR) is 135 cm³/mol. The Morgan fingerprint density at radius 1 is 0.645 bits per heavy atom. The van der Waals surface area contributed by atoms with Crippen LogP contribution < -0.4 is 4.57 Å². The van der Waals surface area contributed by atoms with Crippen LogP contribution >= 0.6 is 27.3 Å². The van der Waals surface area contributed by atoms with Gasteiger partial charge in [-0.25, -0.2) is 0 Å². The summed E-state index contributed by atoms with van der Waals surface area (Å²) in [4.78, 5) is 0. The van der Waals surface area contributed by atoms with E-state index < -0.39 is 0 Å². The lowest BCUT2D eigenvalue weighted by atomic mass is 9.88. The molecule has 4 aromatic carbocycles. The molecule has 0 bridgehead atoms. The Labute approximate surface area is 195 Å². The van der Waals surface area contributed by atoms with E-state index in [0.29, 0.717) is 0 Å². The third-order valence-electron chi connectivity index (χ3n) is 5.48. The van der Waals surface area contributed by atoms with Crippen molar-refractivity contribution in [1.82, 2.24) is 0 Å². The van der Waals surface area contributed by atoms with Gasteiger partial charge in [0.25, 0.3) is 5.01 Å². The van der Waals surface area contributed by atoms with Gasteiger partial charge in [-0.15, -0.1) is 0 Å². The Kier molecular flexibility index (Phi) is 5.54. The first kappa shape index (κ1) is 19.9. The number of rotatable bonds is 4. The molecule has 0 atom stereocenters. The zero-order valence-corrected chi connectivity index (χ0v) is 19.5. The number of aromatic nitrogens is 1. The quantitative estimate of drug-likeness (QED) is 0.228. The second-order valence-corrected chi connectivity index (χ2v) is 9.31. The van der Waals surface area contributed by atoms with Crippen molar-refractivity contribution in [2.75, 3.05) is 0 Å². The van der Waals surface area contributed by atoms with Crippen molar-refractivity contribution >= 4 is 27.3 Å². The number of benzene rings is 4. The molecule has 31 heavy (non-hydrogen) atoms. The van der Waals surface area contributed by atoms with E-state index in [1.807, 2.05) is 0 Å². The van der Waals surface area contributed by atoms with Crippen LogP contribution in [0, 0.1) is 0 Å². The Morgan fingerprint density at radius 2 is 1.19 bits per heavy atom. The lowest BCUT2D eigenvalue weighted by Crippen LogP contribution is -2.27. The molecule has 0 amide bonds. The van der Waals surface area contributed by atoms with Gasteiger partial charge in [0, 0.05) is 4.47 Å². The molecule has 5 rings (SSSR count). The molecule has 0 aliphatic carbocycles. The van der Waals surface area contributed by atoms with Crippen LogP contribution in [0.5, 0.6) is 0 Å². The van der Waals surface area contributed by atoms with Crippen LogP contribution in [0.3, 0.4) is 0 Å². The molecule has 1 heterocycles. The SMILES string of the molecule is C[n+]1ccsc1-c1c(-c2ccccc2)cc(-c2ccc(Br)cc2)cc1-c1ccccc1. The van der Waals surface area contributed by atoms with Crippen molar-refractivity contribution in [2.45, 2.75) is 0 Å². The number of aryl methyl sites for hydroxylation is 1. The van der Waals surface area contributed by atoms with Gasteiger partial charge in [-0.2, -0.15) is 4.57 Å². The smallest absolute Gasteiger partial charge is 0.191 e. The maximum absolute atomic E-state index is 3.56. The van der Waals surface area contributed by atoms with E-state index in [9.17, 15) is 0 Å². The van der Waals surface area contributed by atoms with Crippen LogP contribution in [0.1, 0.15) is 0 Å². The summed E-state index contributed by atoms with van der Waals surface area (Å²) in [5, 5.41) is 3.40. The number of halogens is 1. The van der Waals surface area contributed by atoms with Gasteiger partial charge < -0.3 is 0 Å². The van der Waals surface area contributed by atoms with Gasteiger partial charge >= 0.3 is 0 Å². The summed E-state index contributed by atoms with van der Waals surface area (Å²) in [5.74, 6) is 0. The van der Waals surface area contributed by atoms with Gasteiger partial charge in [-0.1, -0.05) is 100 Å². The summed E-state index contributed by atoms with van der Waals surface area (Å²) in [6, 6.07) is 34.6. The van der Waals surface area contributed by atoms with E-state index >= 15 is 0 Å². The van der Waals surface area contributed by atoms with Crippen molar-refractivity contribution in [2.24, 2.45) is 7.05 Å². The van der Waals surface area contributed by atoms with E-state index in [1.165, 1.54) is 44.0 Å². The minimum absolute atomic E-state index is 1.09. The van der Waals surface area contributed by atoms with E-state index in [4.69, 9.17) is 0 Å². The first-order chi connectivity index (χ1) is 15.2. The molecule has 0 aliphatic heterocycles. The third kappa shape index (κ3) is 3.99. The summed E-state index contributed by atoms with van der Waals surface area (Å²) in [6.07, 6.45) is 2.13. The molecule has 0 radical (unpaired) electrons. The number of nitrogens with zero attached hydrogens (tertiary/aromatic N) is 1. The second-order valence-electron chi connectivity index (χ2n) is 7.50. The lowest BCUT2D eigenvalue weighted by Gasteiger charge is -2.16. The zero-order valence-electron chi connectivity index (χ0n) is 17.1. The summed E-state index contributed by atoms with van der Waals surface area (Å²) in [6.45, 7) is 0. The fraction of sp³-hybridized carbons (Fsp3) is 0.0357. The minimum Gasteiger partial charge on any atom is -0.191 e. The Bertz CT molecular complexity index is 1260. The maximum atomic E-state index is 3.56. The minimum atomic E-state index is 1.09. The van der Waals surface area contributed by atoms with Crippen LogP contribution in [0.2, 0.25) is 0 Å². The fourth-order valence-electron chi connectivity index (χ4n) is 3.94. The molecule has 1 nitrogen and oxygen atoms in total. The highest BCUT2D eigenvalue weighted by Crippen LogP contribution is 2.43. The van der Waals surface area contributed by atoms with Gasteiger partial charge in [0.05, 0.1) is 10.9 Å². The molecule has 5 aromatic rings. The average Bonchev–Trinajstić information content (AvgIpc) is 3.25. The summed E-state index contributed by atoms with van der Waals surface area (Å²) in [7, 11) is 2.12. The van der Waals surface area contributed by atoms with E-state index in [-0.39, 0.29) is 0 Å². The highest BCUT2D eigenvalue weighted by Gasteiger charge is 2.23. The lowest BCUT2D eigenvalue weighted by molar-refractivity contribution is -0.655. The van der Waals surface area contributed by atoms with E-state index in [1.54, 1.807) is 11.3 Å². The molecule has 0 saturated carbocycles. The molecular weight excluding hydrogens is 462 g/mol. The van der Waals surface area contributed by atoms with Crippen molar-refractivity contribution < 1.29 is 4.57 Å². The zero-order chi connectivity index (χ0) is 21.2. The van der Waals surface area contributed by atoms with Crippen LogP contribution in [-0.2, 0) is 7.05 Å². The maximum Gasteiger partial charge on any atom is 0.270 e. The highest BCUT2D eigenvalue weighted by molar-refractivity contribution is 9.10. The van der Waals surface area contributed by atoms with E-state index in [0.717, 1.165) is 4.47 Å². The molecule has 0 unspecified atom stereocenters. The first-order valence-corrected chi connectivity index (χ1v) is 11.9. The Hall–Kier alpha value is -3.01. The van der Waals surface area contributed by atoms with E-state index in [2.05, 4.69) is 136 Å². The fourth-order valence-corrected chi connectivity index (χ4v) is 5.15. The van der Waals surface area contributed by atoms with Crippen LogP contribution in [0.4, 0.5) is 0 Å². The number of hydrogen-bond donors (Lipinski definition) is 0. The third-order valence-corrected chi connectivity index (χ3v) is 6.99. The van der Waals surface area contributed by atoms with Gasteiger partial charge in [0.1, 0.15) is 7.05 Å². The summed E-state index contributed by atoms with van der Waals surface area (Å²) >= 11 is 5.35. The van der Waals surface area contributed by atoms with Crippen molar-refractivity contribution in [3.05, 3.63) is 113 Å². The molecular formula is C28H21BrNS+. The van der Waals surface area contributed by atoms with Gasteiger partial charge in [-0.05, 0) is 57.6 Å². The van der Waals surface area contributed by atoms with Gasteiger partial charge in [-0.3, -0.25) is 0 Å². The van der Waals surface area contributed by atoms with Crippen LogP contribution in [-0.4, -0.2) is 0 Å². The van der Waals surface area contributed by atoms with Gasteiger partial charge in [0.15, 0.2) is 6.20 Å². The van der Waals surface area contributed by atoms with Gasteiger partial charge in [0.2, 0.25) is 0 Å². The molecule has 0 fully saturated rings. The molecule has 0 N–H and O–H groups in total. The number of hydrogen-bond acceptors (Lipinski definition) is 1. The number of thiazole rings is 1. The average molecular weight is 483 g/mol.